The maximum absolute atomic E-state index is 11.9. The number of nitrogens with zero attached hydrogens (tertiary/aromatic N) is 1. The SMILES string of the molecule is O=C(Cn1ccc(=O)c(C(=O)O)c1)NC1CCCCC1. The van der Waals surface area contributed by atoms with E-state index in [0.717, 1.165) is 31.7 Å². The van der Waals surface area contributed by atoms with Crippen LogP contribution in [-0.2, 0) is 11.3 Å². The Kier molecular flexibility index (Phi) is 4.55. The van der Waals surface area contributed by atoms with Crippen LogP contribution >= 0.6 is 0 Å². The van der Waals surface area contributed by atoms with E-state index in [1.807, 2.05) is 0 Å². The largest absolute Gasteiger partial charge is 0.477 e. The summed E-state index contributed by atoms with van der Waals surface area (Å²) in [5.74, 6) is -1.44. The van der Waals surface area contributed by atoms with Gasteiger partial charge in [-0.15, -0.1) is 0 Å². The number of hydrogen-bond acceptors (Lipinski definition) is 3. The van der Waals surface area contributed by atoms with Crippen molar-refractivity contribution in [1.29, 1.82) is 0 Å². The fourth-order valence-corrected chi connectivity index (χ4v) is 2.47. The number of carboxylic acid groups (broad SMARTS) is 1. The van der Waals surface area contributed by atoms with Gasteiger partial charge in [-0.3, -0.25) is 9.59 Å². The fraction of sp³-hybridized carbons (Fsp3) is 0.500. The molecule has 0 radical (unpaired) electrons. The number of pyridine rings is 1. The summed E-state index contributed by atoms with van der Waals surface area (Å²) in [6, 6.07) is 1.38. The molecule has 1 amide bonds. The van der Waals surface area contributed by atoms with Gasteiger partial charge in [0.25, 0.3) is 0 Å². The number of rotatable bonds is 4. The average molecular weight is 278 g/mol. The van der Waals surface area contributed by atoms with Gasteiger partial charge in [-0.2, -0.15) is 0 Å². The minimum absolute atomic E-state index is 0.0249. The normalized spacial score (nSPS) is 15.8. The van der Waals surface area contributed by atoms with E-state index in [1.165, 1.54) is 23.4 Å². The molecule has 1 aromatic rings. The number of hydrogen-bond donors (Lipinski definition) is 2. The van der Waals surface area contributed by atoms with Crippen LogP contribution in [0.3, 0.4) is 0 Å². The monoisotopic (exact) mass is 278 g/mol. The van der Waals surface area contributed by atoms with Gasteiger partial charge in [0.2, 0.25) is 5.91 Å². The third kappa shape index (κ3) is 3.69. The summed E-state index contributed by atoms with van der Waals surface area (Å²) in [6.07, 6.45) is 8.10. The zero-order valence-electron chi connectivity index (χ0n) is 11.2. The first-order valence-corrected chi connectivity index (χ1v) is 6.79. The van der Waals surface area contributed by atoms with Gasteiger partial charge >= 0.3 is 5.97 Å². The first-order chi connectivity index (χ1) is 9.56. The topological polar surface area (TPSA) is 88.4 Å². The van der Waals surface area contributed by atoms with E-state index in [4.69, 9.17) is 5.11 Å². The molecule has 0 spiro atoms. The van der Waals surface area contributed by atoms with Crippen LogP contribution in [-0.4, -0.2) is 27.6 Å². The Balaban J connectivity index is 1.98. The maximum Gasteiger partial charge on any atom is 0.341 e. The van der Waals surface area contributed by atoms with Gasteiger partial charge in [-0.1, -0.05) is 19.3 Å². The van der Waals surface area contributed by atoms with Gasteiger partial charge in [0.1, 0.15) is 12.1 Å². The van der Waals surface area contributed by atoms with Crippen LogP contribution in [0.15, 0.2) is 23.3 Å². The lowest BCUT2D eigenvalue weighted by molar-refractivity contribution is -0.122. The van der Waals surface area contributed by atoms with Crippen molar-refractivity contribution in [2.75, 3.05) is 0 Å². The van der Waals surface area contributed by atoms with Crippen molar-refractivity contribution in [1.82, 2.24) is 9.88 Å². The Morgan fingerprint density at radius 3 is 2.65 bits per heavy atom. The third-order valence-corrected chi connectivity index (χ3v) is 3.50. The summed E-state index contributed by atoms with van der Waals surface area (Å²) in [5, 5.41) is 11.8. The van der Waals surface area contributed by atoms with Crippen molar-refractivity contribution in [3.05, 3.63) is 34.2 Å². The van der Waals surface area contributed by atoms with Crippen LogP contribution in [0.5, 0.6) is 0 Å². The van der Waals surface area contributed by atoms with E-state index in [1.54, 1.807) is 0 Å². The van der Waals surface area contributed by atoms with Crippen molar-refractivity contribution in [2.45, 2.75) is 44.7 Å². The highest BCUT2D eigenvalue weighted by molar-refractivity contribution is 5.87. The minimum atomic E-state index is -1.28. The van der Waals surface area contributed by atoms with E-state index < -0.39 is 11.4 Å². The first kappa shape index (κ1) is 14.3. The summed E-state index contributed by atoms with van der Waals surface area (Å²) in [7, 11) is 0. The predicted molar refractivity (Wildman–Crippen MR) is 72.7 cm³/mol. The summed E-state index contributed by atoms with van der Waals surface area (Å²) < 4.78 is 1.42. The molecule has 0 atom stereocenters. The molecule has 0 aliphatic heterocycles. The molecule has 20 heavy (non-hydrogen) atoms. The van der Waals surface area contributed by atoms with Crippen molar-refractivity contribution < 1.29 is 14.7 Å². The lowest BCUT2D eigenvalue weighted by atomic mass is 9.95. The third-order valence-electron chi connectivity index (χ3n) is 3.50. The van der Waals surface area contributed by atoms with Gasteiger partial charge in [-0.05, 0) is 12.8 Å². The quantitative estimate of drug-likeness (QED) is 0.859. The van der Waals surface area contributed by atoms with E-state index in [0.29, 0.717) is 0 Å². The van der Waals surface area contributed by atoms with Gasteiger partial charge < -0.3 is 15.0 Å². The van der Waals surface area contributed by atoms with Crippen LogP contribution in [0.2, 0.25) is 0 Å². The highest BCUT2D eigenvalue weighted by atomic mass is 16.4. The van der Waals surface area contributed by atoms with E-state index in [9.17, 15) is 14.4 Å². The smallest absolute Gasteiger partial charge is 0.341 e. The molecule has 1 heterocycles. The van der Waals surface area contributed by atoms with Crippen molar-refractivity contribution in [3.8, 4) is 0 Å². The Hall–Kier alpha value is -2.11. The molecule has 1 aliphatic carbocycles. The maximum atomic E-state index is 11.9. The summed E-state index contributed by atoms with van der Waals surface area (Å²) >= 11 is 0. The predicted octanol–water partition coefficient (Wildman–Crippen LogP) is 0.995. The molecular formula is C14H18N2O4. The van der Waals surface area contributed by atoms with Gasteiger partial charge in [0.05, 0.1) is 0 Å². The summed E-state index contributed by atoms with van der Waals surface area (Å²) in [4.78, 5) is 34.1. The van der Waals surface area contributed by atoms with Gasteiger partial charge in [-0.25, -0.2) is 4.79 Å². The number of nitrogens with one attached hydrogen (secondary N) is 1. The number of amides is 1. The second-order valence-corrected chi connectivity index (χ2v) is 5.10. The fourth-order valence-electron chi connectivity index (χ4n) is 2.47. The van der Waals surface area contributed by atoms with Crippen LogP contribution in [0.25, 0.3) is 0 Å². The van der Waals surface area contributed by atoms with Crippen molar-refractivity contribution in [2.24, 2.45) is 0 Å². The molecule has 0 saturated heterocycles. The average Bonchev–Trinajstić information content (AvgIpc) is 2.41. The van der Waals surface area contributed by atoms with E-state index in [2.05, 4.69) is 5.32 Å². The summed E-state index contributed by atoms with van der Waals surface area (Å²) in [6.45, 7) is 0.0249. The molecule has 1 saturated carbocycles. The Bertz CT molecular complexity index is 559. The zero-order chi connectivity index (χ0) is 14.5. The number of carboxylic acids is 1. The minimum Gasteiger partial charge on any atom is -0.477 e. The number of aromatic nitrogens is 1. The van der Waals surface area contributed by atoms with Gasteiger partial charge in [0, 0.05) is 24.5 Å². The zero-order valence-corrected chi connectivity index (χ0v) is 11.2. The van der Waals surface area contributed by atoms with Crippen LogP contribution < -0.4 is 10.7 Å². The highest BCUT2D eigenvalue weighted by Gasteiger charge is 2.16. The molecule has 1 aromatic heterocycles. The van der Waals surface area contributed by atoms with E-state index in [-0.39, 0.29) is 24.1 Å². The molecule has 108 valence electrons. The van der Waals surface area contributed by atoms with Crippen LogP contribution in [0, 0.1) is 0 Å². The van der Waals surface area contributed by atoms with E-state index >= 15 is 0 Å². The Morgan fingerprint density at radius 2 is 2.00 bits per heavy atom. The second kappa shape index (κ2) is 6.36. The van der Waals surface area contributed by atoms with Crippen molar-refractivity contribution in [3.63, 3.8) is 0 Å². The molecule has 1 fully saturated rings. The molecule has 6 heteroatoms. The molecule has 2 rings (SSSR count). The standard InChI is InChI=1S/C14H18N2O4/c17-12-6-7-16(8-11(12)14(19)20)9-13(18)15-10-4-2-1-3-5-10/h6-8,10H,1-5,9H2,(H,15,18)(H,19,20). The van der Waals surface area contributed by atoms with Crippen LogP contribution in [0.4, 0.5) is 0 Å². The lowest BCUT2D eigenvalue weighted by Gasteiger charge is -2.23. The summed E-state index contributed by atoms with van der Waals surface area (Å²) in [5.41, 5.74) is -0.876. The molecule has 6 nitrogen and oxygen atoms in total. The molecule has 0 aromatic carbocycles. The highest BCUT2D eigenvalue weighted by Crippen LogP contribution is 2.17. The van der Waals surface area contributed by atoms with Gasteiger partial charge in [0.15, 0.2) is 5.43 Å². The van der Waals surface area contributed by atoms with Crippen LogP contribution in [0.1, 0.15) is 42.5 Å². The molecule has 1 aliphatic rings. The molecule has 0 unspecified atom stereocenters. The molecule has 0 bridgehead atoms. The Labute approximate surface area is 116 Å². The Morgan fingerprint density at radius 1 is 1.30 bits per heavy atom. The lowest BCUT2D eigenvalue weighted by Crippen LogP contribution is -2.38. The first-order valence-electron chi connectivity index (χ1n) is 6.79. The van der Waals surface area contributed by atoms with Crippen molar-refractivity contribution >= 4 is 11.9 Å². The molecule has 2 N–H and O–H groups in total. The number of carbonyl (C=O) groups excluding carboxylic acids is 1. The number of carbonyl (C=O) groups is 2. The molecular weight excluding hydrogens is 260 g/mol. The number of aromatic carboxylic acids is 1. The second-order valence-electron chi connectivity index (χ2n) is 5.10.